The molecule has 3 rings (SSSR count). The first-order valence-electron chi connectivity index (χ1n) is 9.53. The monoisotopic (exact) mass is 388 g/mol. The lowest BCUT2D eigenvalue weighted by atomic mass is 9.65. The van der Waals surface area contributed by atoms with Crippen LogP contribution in [0.2, 0.25) is 0 Å². The van der Waals surface area contributed by atoms with Crippen molar-refractivity contribution in [2.24, 2.45) is 5.41 Å². The van der Waals surface area contributed by atoms with E-state index < -0.39 is 49.0 Å². The fraction of sp³-hybridized carbons (Fsp3) is 0.895. The number of aliphatic hydroxyl groups excluding tert-OH is 5. The fourth-order valence-corrected chi connectivity index (χ4v) is 4.73. The van der Waals surface area contributed by atoms with Crippen LogP contribution in [-0.2, 0) is 14.2 Å². The molecule has 1 aliphatic carbocycles. The van der Waals surface area contributed by atoms with Crippen molar-refractivity contribution >= 4 is 0 Å². The summed E-state index contributed by atoms with van der Waals surface area (Å²) in [6, 6.07) is 0. The number of hydrogen-bond donors (Lipinski definition) is 5. The number of aliphatic hydroxyl groups is 5. The Balaban J connectivity index is 1.75. The molecule has 8 heteroatoms. The van der Waals surface area contributed by atoms with E-state index in [0.29, 0.717) is 12.8 Å². The van der Waals surface area contributed by atoms with Crippen LogP contribution in [0.15, 0.2) is 11.6 Å². The predicted octanol–water partition coefficient (Wildman–Crippen LogP) is -0.544. The molecule has 156 valence electrons. The first-order chi connectivity index (χ1) is 12.5. The van der Waals surface area contributed by atoms with Gasteiger partial charge in [0.2, 0.25) is 0 Å². The zero-order chi connectivity index (χ0) is 20.1. The van der Waals surface area contributed by atoms with Crippen LogP contribution in [0.4, 0.5) is 0 Å². The zero-order valence-electron chi connectivity index (χ0n) is 16.3. The third kappa shape index (κ3) is 3.82. The lowest BCUT2D eigenvalue weighted by Gasteiger charge is -2.48. The normalized spacial score (nSPS) is 48.0. The molecule has 2 aliphatic heterocycles. The Hall–Kier alpha value is -0.580. The van der Waals surface area contributed by atoms with Crippen molar-refractivity contribution in [1.82, 2.24) is 0 Å². The molecule has 0 aromatic rings. The molecule has 0 radical (unpaired) electrons. The van der Waals surface area contributed by atoms with Gasteiger partial charge in [-0.1, -0.05) is 19.9 Å². The van der Waals surface area contributed by atoms with Crippen LogP contribution < -0.4 is 0 Å². The predicted molar refractivity (Wildman–Crippen MR) is 94.7 cm³/mol. The second-order valence-electron chi connectivity index (χ2n) is 8.88. The van der Waals surface area contributed by atoms with Crippen molar-refractivity contribution in [2.45, 2.75) is 95.2 Å². The second-order valence-corrected chi connectivity index (χ2v) is 8.88. The topological polar surface area (TPSA) is 129 Å². The Morgan fingerprint density at radius 1 is 1.15 bits per heavy atom. The minimum Gasteiger partial charge on any atom is -0.394 e. The lowest BCUT2D eigenvalue weighted by molar-refractivity contribution is -0.317. The van der Waals surface area contributed by atoms with E-state index in [0.717, 1.165) is 5.57 Å². The molecule has 1 saturated heterocycles. The van der Waals surface area contributed by atoms with Gasteiger partial charge in [0.05, 0.1) is 24.4 Å². The maximum atomic E-state index is 10.2. The van der Waals surface area contributed by atoms with E-state index in [4.69, 9.17) is 14.2 Å². The summed E-state index contributed by atoms with van der Waals surface area (Å²) in [5.41, 5.74) is 0.257. The van der Waals surface area contributed by atoms with Gasteiger partial charge in [-0.05, 0) is 31.3 Å². The molecule has 0 unspecified atom stereocenters. The number of rotatable bonds is 4. The zero-order valence-corrected chi connectivity index (χ0v) is 16.3. The minimum absolute atomic E-state index is 0.255. The summed E-state index contributed by atoms with van der Waals surface area (Å²) in [6.45, 7) is 7.31. The van der Waals surface area contributed by atoms with Crippen LogP contribution in [0, 0.1) is 5.41 Å². The van der Waals surface area contributed by atoms with E-state index in [9.17, 15) is 25.5 Å². The highest BCUT2D eigenvalue weighted by Gasteiger charge is 2.53. The molecule has 3 aliphatic rings. The first kappa shape index (κ1) is 21.1. The lowest BCUT2D eigenvalue weighted by Crippen LogP contribution is -2.60. The van der Waals surface area contributed by atoms with Crippen molar-refractivity contribution in [1.29, 1.82) is 0 Å². The van der Waals surface area contributed by atoms with E-state index >= 15 is 0 Å². The minimum atomic E-state index is -1.47. The Kier molecular flexibility index (Phi) is 5.75. The van der Waals surface area contributed by atoms with E-state index in [1.54, 1.807) is 6.92 Å². The summed E-state index contributed by atoms with van der Waals surface area (Å²) in [7, 11) is 0. The van der Waals surface area contributed by atoms with Crippen molar-refractivity contribution in [3.8, 4) is 0 Å². The van der Waals surface area contributed by atoms with Crippen molar-refractivity contribution < 1.29 is 39.7 Å². The number of hydrogen-bond acceptors (Lipinski definition) is 8. The molecule has 0 amide bonds. The Morgan fingerprint density at radius 3 is 2.41 bits per heavy atom. The van der Waals surface area contributed by atoms with Crippen LogP contribution in [0.5, 0.6) is 0 Å². The van der Waals surface area contributed by atoms with Gasteiger partial charge in [0.15, 0.2) is 6.29 Å². The Morgan fingerprint density at radius 2 is 1.81 bits per heavy atom. The highest BCUT2D eigenvalue weighted by molar-refractivity contribution is 5.32. The summed E-state index contributed by atoms with van der Waals surface area (Å²) >= 11 is 0. The van der Waals surface area contributed by atoms with Crippen LogP contribution >= 0.6 is 0 Å². The van der Waals surface area contributed by atoms with Gasteiger partial charge in [0.1, 0.15) is 30.5 Å². The highest BCUT2D eigenvalue weighted by Crippen LogP contribution is 2.52. The fourth-order valence-electron chi connectivity index (χ4n) is 4.73. The van der Waals surface area contributed by atoms with E-state index in [1.807, 2.05) is 13.0 Å². The summed E-state index contributed by atoms with van der Waals surface area (Å²) in [5, 5.41) is 49.4. The van der Waals surface area contributed by atoms with Crippen molar-refractivity contribution in [2.75, 3.05) is 6.61 Å². The van der Waals surface area contributed by atoms with Gasteiger partial charge in [0, 0.05) is 6.42 Å². The number of fused-ring (bicyclic) bond motifs is 1. The second kappa shape index (κ2) is 7.35. The largest absolute Gasteiger partial charge is 0.394 e. The van der Waals surface area contributed by atoms with Gasteiger partial charge < -0.3 is 39.7 Å². The third-order valence-electron chi connectivity index (χ3n) is 6.03. The average Bonchev–Trinajstić information content (AvgIpc) is 2.93. The molecular formula is C19H32O8. The molecule has 1 saturated carbocycles. The summed E-state index contributed by atoms with van der Waals surface area (Å²) in [4.78, 5) is 0. The average molecular weight is 388 g/mol. The quantitative estimate of drug-likeness (QED) is 0.406. The van der Waals surface area contributed by atoms with Gasteiger partial charge >= 0.3 is 0 Å². The van der Waals surface area contributed by atoms with Crippen LogP contribution in [0.3, 0.4) is 0 Å². The van der Waals surface area contributed by atoms with Crippen LogP contribution in [-0.4, -0.2) is 86.8 Å². The molecule has 27 heavy (non-hydrogen) atoms. The van der Waals surface area contributed by atoms with Crippen LogP contribution in [0.25, 0.3) is 0 Å². The van der Waals surface area contributed by atoms with Gasteiger partial charge in [-0.15, -0.1) is 0 Å². The maximum Gasteiger partial charge on any atom is 0.186 e. The SMILES string of the molecule is C[C@@H](O)[C@@H]1C=C2C(C)(C)C[C@H](O[C@@H]3O[C@H](CO)[C@@H](O)[C@H](O)[C@H]3O)C[C@@]2(C)O1. The molecule has 0 spiro atoms. The molecule has 8 nitrogen and oxygen atoms in total. The summed E-state index contributed by atoms with van der Waals surface area (Å²) in [6.07, 6.45) is -4.68. The molecule has 2 fully saturated rings. The van der Waals surface area contributed by atoms with Crippen molar-refractivity contribution in [3.63, 3.8) is 0 Å². The first-order valence-corrected chi connectivity index (χ1v) is 9.53. The van der Waals surface area contributed by atoms with Crippen LogP contribution in [0.1, 0.15) is 40.5 Å². The van der Waals surface area contributed by atoms with E-state index in [2.05, 4.69) is 13.8 Å². The molecular weight excluding hydrogens is 356 g/mol. The molecule has 9 atom stereocenters. The van der Waals surface area contributed by atoms with Gasteiger partial charge in [0.25, 0.3) is 0 Å². The van der Waals surface area contributed by atoms with Gasteiger partial charge in [-0.2, -0.15) is 0 Å². The molecule has 0 bridgehead atoms. The smallest absolute Gasteiger partial charge is 0.186 e. The molecule has 0 aromatic carbocycles. The molecule has 2 heterocycles. The summed E-state index contributed by atoms with van der Waals surface area (Å²) < 4.78 is 17.6. The third-order valence-corrected chi connectivity index (χ3v) is 6.03. The Labute approximate surface area is 159 Å². The maximum absolute atomic E-state index is 10.2. The summed E-state index contributed by atoms with van der Waals surface area (Å²) in [5.74, 6) is 0. The van der Waals surface area contributed by atoms with Gasteiger partial charge in [-0.25, -0.2) is 0 Å². The van der Waals surface area contributed by atoms with Gasteiger partial charge in [-0.3, -0.25) is 0 Å². The van der Waals surface area contributed by atoms with E-state index in [1.165, 1.54) is 0 Å². The standard InChI is InChI=1S/C19H32O8/c1-9(21)11-5-13-18(2,3)6-10(7-19(13,4)27-11)25-17-16(24)15(23)14(22)12(8-20)26-17/h5,9-12,14-17,20-24H,6-8H2,1-4H3/t9-,10+,11+,12-,14-,15+,16-,17-,19-/m1/s1. The van der Waals surface area contributed by atoms with Crippen molar-refractivity contribution in [3.05, 3.63) is 11.6 Å². The Bertz CT molecular complexity index is 574. The van der Waals surface area contributed by atoms with E-state index in [-0.39, 0.29) is 17.6 Å². The molecule has 5 N–H and O–H groups in total. The number of ether oxygens (including phenoxy) is 3. The highest BCUT2D eigenvalue weighted by atomic mass is 16.7. The molecule has 0 aromatic heterocycles.